The van der Waals surface area contributed by atoms with Gasteiger partial charge >= 0.3 is 0 Å². The molecule has 2 aromatic heterocycles. The third-order valence-corrected chi connectivity index (χ3v) is 6.71. The van der Waals surface area contributed by atoms with Gasteiger partial charge in [-0.15, -0.1) is 0 Å². The highest BCUT2D eigenvalue weighted by Gasteiger charge is 2.20. The molecule has 0 aliphatic heterocycles. The van der Waals surface area contributed by atoms with E-state index in [1.54, 1.807) is 12.3 Å². The lowest BCUT2D eigenvalue weighted by Gasteiger charge is -2.17. The second-order valence-electron chi connectivity index (χ2n) is 8.15. The molecule has 0 fully saturated rings. The molecule has 1 aromatic carbocycles. The first kappa shape index (κ1) is 22.3. The van der Waals surface area contributed by atoms with E-state index < -0.39 is 5.25 Å². The van der Waals surface area contributed by atoms with Crippen LogP contribution in [0.15, 0.2) is 64.2 Å². The average Bonchev–Trinajstić information content (AvgIpc) is 2.80. The molecular weight excluding hydrogens is 420 g/mol. The number of amides is 1. The fourth-order valence-corrected chi connectivity index (χ4v) is 4.81. The quantitative estimate of drug-likeness (QED) is 0.325. The third kappa shape index (κ3) is 5.10. The molecule has 6 nitrogen and oxygen atoms in total. The molecule has 1 aliphatic carbocycles. The van der Waals surface area contributed by atoms with Gasteiger partial charge in [0, 0.05) is 12.7 Å². The van der Waals surface area contributed by atoms with Crippen LogP contribution in [0.25, 0.3) is 16.7 Å². The van der Waals surface area contributed by atoms with Gasteiger partial charge in [-0.1, -0.05) is 35.5 Å². The van der Waals surface area contributed by atoms with Crippen molar-refractivity contribution in [2.24, 2.45) is 0 Å². The van der Waals surface area contributed by atoms with Crippen LogP contribution in [-0.4, -0.2) is 32.2 Å². The molecule has 1 aliphatic rings. The summed E-state index contributed by atoms with van der Waals surface area (Å²) in [6.45, 7) is 4.43. The smallest absolute Gasteiger partial charge is 0.267 e. The normalized spacial score (nSPS) is 14.8. The van der Waals surface area contributed by atoms with E-state index in [1.807, 2.05) is 44.2 Å². The van der Waals surface area contributed by atoms with Gasteiger partial charge in [0.15, 0.2) is 5.16 Å². The van der Waals surface area contributed by atoms with E-state index in [4.69, 9.17) is 4.98 Å². The monoisotopic (exact) mass is 448 g/mol. The summed E-state index contributed by atoms with van der Waals surface area (Å²) >= 11 is 1.28. The number of allylic oxidation sites excluding steroid dienone is 1. The summed E-state index contributed by atoms with van der Waals surface area (Å²) in [5.41, 5.74) is 2.86. The maximum absolute atomic E-state index is 13.3. The number of fused-ring (bicyclic) bond motifs is 1. The van der Waals surface area contributed by atoms with Crippen LogP contribution in [0, 0.1) is 6.92 Å². The SMILES string of the molecule is Cc1ccnc(-n2c(SC(C)C(=O)NCCC3=CCCCC3)nc3ccccc3c2=O)c1. The van der Waals surface area contributed by atoms with Crippen LogP contribution < -0.4 is 10.9 Å². The minimum atomic E-state index is -0.403. The molecule has 7 heteroatoms. The third-order valence-electron chi connectivity index (χ3n) is 5.66. The van der Waals surface area contributed by atoms with Crippen molar-refractivity contribution in [1.29, 1.82) is 0 Å². The maximum Gasteiger partial charge on any atom is 0.267 e. The van der Waals surface area contributed by atoms with Crippen molar-refractivity contribution in [1.82, 2.24) is 19.9 Å². The summed E-state index contributed by atoms with van der Waals surface area (Å²) in [4.78, 5) is 35.2. The highest BCUT2D eigenvalue weighted by atomic mass is 32.2. The average molecular weight is 449 g/mol. The number of aromatic nitrogens is 3. The van der Waals surface area contributed by atoms with Gasteiger partial charge in [0.2, 0.25) is 5.91 Å². The Kier molecular flexibility index (Phi) is 7.05. The first-order chi connectivity index (χ1) is 15.5. The summed E-state index contributed by atoms with van der Waals surface area (Å²) in [6.07, 6.45) is 9.67. The lowest BCUT2D eigenvalue weighted by atomic mass is 9.97. The van der Waals surface area contributed by atoms with Crippen molar-refractivity contribution < 1.29 is 4.79 Å². The van der Waals surface area contributed by atoms with Crippen LogP contribution in [0.4, 0.5) is 0 Å². The Labute approximate surface area is 192 Å². The number of hydrogen-bond acceptors (Lipinski definition) is 5. The van der Waals surface area contributed by atoms with E-state index in [0.29, 0.717) is 28.4 Å². The van der Waals surface area contributed by atoms with E-state index in [1.165, 1.54) is 34.7 Å². The second-order valence-corrected chi connectivity index (χ2v) is 9.46. The lowest BCUT2D eigenvalue weighted by Crippen LogP contribution is -2.33. The number of thioether (sulfide) groups is 1. The standard InChI is InChI=1S/C25H28N4O2S/c1-17-12-14-26-22(16-17)29-24(31)20-10-6-7-11-21(20)28-25(29)32-18(2)23(30)27-15-13-19-8-4-3-5-9-19/h6-8,10-12,14,16,18H,3-5,9,13,15H2,1-2H3,(H,27,30). The molecule has 1 amide bonds. The number of para-hydroxylation sites is 1. The van der Waals surface area contributed by atoms with E-state index in [0.717, 1.165) is 24.8 Å². The van der Waals surface area contributed by atoms with Crippen molar-refractivity contribution in [3.8, 4) is 5.82 Å². The Morgan fingerprint density at radius 3 is 2.88 bits per heavy atom. The zero-order chi connectivity index (χ0) is 22.5. The van der Waals surface area contributed by atoms with Crippen LogP contribution >= 0.6 is 11.8 Å². The highest BCUT2D eigenvalue weighted by Crippen LogP contribution is 2.25. The van der Waals surface area contributed by atoms with E-state index >= 15 is 0 Å². The van der Waals surface area contributed by atoms with E-state index in [2.05, 4.69) is 16.4 Å². The molecule has 166 valence electrons. The zero-order valence-corrected chi connectivity index (χ0v) is 19.3. The number of nitrogens with zero attached hydrogens (tertiary/aromatic N) is 3. The van der Waals surface area contributed by atoms with Gasteiger partial charge in [0.25, 0.3) is 5.56 Å². The van der Waals surface area contributed by atoms with Crippen LogP contribution in [0.1, 0.15) is 44.6 Å². The van der Waals surface area contributed by atoms with Gasteiger partial charge in [0.05, 0.1) is 16.2 Å². The lowest BCUT2D eigenvalue weighted by molar-refractivity contribution is -0.120. The van der Waals surface area contributed by atoms with Gasteiger partial charge in [-0.2, -0.15) is 0 Å². The summed E-state index contributed by atoms with van der Waals surface area (Å²) in [5, 5.41) is 3.62. The summed E-state index contributed by atoms with van der Waals surface area (Å²) in [5.74, 6) is 0.449. The Morgan fingerprint density at radius 1 is 1.25 bits per heavy atom. The van der Waals surface area contributed by atoms with Crippen molar-refractivity contribution >= 4 is 28.6 Å². The van der Waals surface area contributed by atoms with Gasteiger partial charge in [-0.25, -0.2) is 14.5 Å². The van der Waals surface area contributed by atoms with Gasteiger partial charge in [-0.05, 0) is 75.8 Å². The number of nitrogens with one attached hydrogen (secondary N) is 1. The molecule has 0 saturated carbocycles. The predicted molar refractivity (Wildman–Crippen MR) is 129 cm³/mol. The Bertz CT molecular complexity index is 1220. The van der Waals surface area contributed by atoms with Gasteiger partial charge in [0.1, 0.15) is 5.82 Å². The van der Waals surface area contributed by atoms with Crippen LogP contribution in [0.2, 0.25) is 0 Å². The Hall–Kier alpha value is -2.93. The van der Waals surface area contributed by atoms with E-state index in [9.17, 15) is 9.59 Å². The molecule has 4 rings (SSSR count). The predicted octanol–water partition coefficient (Wildman–Crippen LogP) is 4.58. The van der Waals surface area contributed by atoms with Crippen molar-refractivity contribution in [2.45, 2.75) is 56.4 Å². The topological polar surface area (TPSA) is 76.9 Å². The molecule has 1 N–H and O–H groups in total. The van der Waals surface area contributed by atoms with Crippen LogP contribution in [0.5, 0.6) is 0 Å². The minimum Gasteiger partial charge on any atom is -0.355 e. The molecule has 1 atom stereocenters. The fraction of sp³-hybridized carbons (Fsp3) is 0.360. The Morgan fingerprint density at radius 2 is 2.09 bits per heavy atom. The van der Waals surface area contributed by atoms with Crippen molar-refractivity contribution in [3.63, 3.8) is 0 Å². The number of carbonyl (C=O) groups is 1. The second kappa shape index (κ2) is 10.1. The Balaban J connectivity index is 1.57. The number of rotatable bonds is 7. The molecule has 0 bridgehead atoms. The molecule has 1 unspecified atom stereocenters. The largest absolute Gasteiger partial charge is 0.355 e. The highest BCUT2D eigenvalue weighted by molar-refractivity contribution is 8.00. The molecule has 0 spiro atoms. The zero-order valence-electron chi connectivity index (χ0n) is 18.5. The van der Waals surface area contributed by atoms with Crippen LogP contribution in [-0.2, 0) is 4.79 Å². The van der Waals surface area contributed by atoms with Crippen molar-refractivity contribution in [3.05, 3.63) is 70.2 Å². The number of pyridine rings is 1. The van der Waals surface area contributed by atoms with Crippen LogP contribution in [0.3, 0.4) is 0 Å². The molecular formula is C25H28N4O2S. The van der Waals surface area contributed by atoms with E-state index in [-0.39, 0.29) is 11.5 Å². The van der Waals surface area contributed by atoms with Crippen molar-refractivity contribution in [2.75, 3.05) is 6.54 Å². The van der Waals surface area contributed by atoms with Gasteiger partial charge < -0.3 is 5.32 Å². The maximum atomic E-state index is 13.3. The number of benzene rings is 1. The first-order valence-corrected chi connectivity index (χ1v) is 12.0. The fourth-order valence-electron chi connectivity index (χ4n) is 3.87. The summed E-state index contributed by atoms with van der Waals surface area (Å²) in [6, 6.07) is 11.0. The molecule has 3 aromatic rings. The number of aryl methyl sites for hydroxylation is 1. The minimum absolute atomic E-state index is 0.0578. The molecule has 0 saturated heterocycles. The number of carbonyl (C=O) groups excluding carboxylic acids is 1. The summed E-state index contributed by atoms with van der Waals surface area (Å²) < 4.78 is 1.51. The molecule has 2 heterocycles. The van der Waals surface area contributed by atoms with Gasteiger partial charge in [-0.3, -0.25) is 9.59 Å². The first-order valence-electron chi connectivity index (χ1n) is 11.1. The number of hydrogen-bond donors (Lipinski definition) is 1. The molecule has 0 radical (unpaired) electrons. The molecule has 32 heavy (non-hydrogen) atoms. The summed E-state index contributed by atoms with van der Waals surface area (Å²) in [7, 11) is 0.